The summed E-state index contributed by atoms with van der Waals surface area (Å²) in [6.07, 6.45) is 5.60. The number of benzene rings is 1. The fourth-order valence-corrected chi connectivity index (χ4v) is 3.02. The van der Waals surface area contributed by atoms with E-state index in [1.165, 1.54) is 12.8 Å². The van der Waals surface area contributed by atoms with Crippen molar-refractivity contribution >= 4 is 11.8 Å². The summed E-state index contributed by atoms with van der Waals surface area (Å²) >= 11 is 0. The summed E-state index contributed by atoms with van der Waals surface area (Å²) in [6, 6.07) is 9.62. The van der Waals surface area contributed by atoms with E-state index in [2.05, 4.69) is 5.32 Å². The van der Waals surface area contributed by atoms with Gasteiger partial charge in [-0.25, -0.2) is 0 Å². The molecule has 22 heavy (non-hydrogen) atoms. The normalized spacial score (nSPS) is 22.3. The molecule has 2 fully saturated rings. The number of carbonyl (C=O) groups excluding carboxylic acids is 2. The minimum Gasteiger partial charge on any atom is -0.354 e. The Hall–Kier alpha value is -1.84. The summed E-state index contributed by atoms with van der Waals surface area (Å²) in [6.45, 7) is 1.30. The first-order valence-electron chi connectivity index (χ1n) is 8.35. The van der Waals surface area contributed by atoms with Crippen LogP contribution in [0.2, 0.25) is 0 Å². The topological polar surface area (TPSA) is 49.4 Å². The van der Waals surface area contributed by atoms with Crippen molar-refractivity contribution in [1.29, 1.82) is 0 Å². The summed E-state index contributed by atoms with van der Waals surface area (Å²) in [7, 11) is 0. The highest BCUT2D eigenvalue weighted by atomic mass is 16.2. The molecule has 4 heteroatoms. The Balaban J connectivity index is 1.70. The molecule has 3 rings (SSSR count). The molecule has 4 nitrogen and oxygen atoms in total. The maximum Gasteiger partial charge on any atom is 0.242 e. The first-order chi connectivity index (χ1) is 10.7. The van der Waals surface area contributed by atoms with Gasteiger partial charge < -0.3 is 10.2 Å². The van der Waals surface area contributed by atoms with E-state index in [9.17, 15) is 9.59 Å². The quantitative estimate of drug-likeness (QED) is 0.908. The summed E-state index contributed by atoms with van der Waals surface area (Å²) < 4.78 is 0. The molecule has 1 aromatic rings. The molecule has 2 amide bonds. The predicted octanol–water partition coefficient (Wildman–Crippen LogP) is 2.48. The molecule has 0 unspecified atom stereocenters. The first kappa shape index (κ1) is 15.1. The van der Waals surface area contributed by atoms with Crippen molar-refractivity contribution in [2.24, 2.45) is 5.92 Å². The Morgan fingerprint density at radius 2 is 1.91 bits per heavy atom. The van der Waals surface area contributed by atoms with Crippen LogP contribution in [0, 0.1) is 5.92 Å². The lowest BCUT2D eigenvalue weighted by Gasteiger charge is -2.29. The number of nitrogens with zero attached hydrogens (tertiary/aromatic N) is 1. The van der Waals surface area contributed by atoms with Gasteiger partial charge in [0.05, 0.1) is 0 Å². The summed E-state index contributed by atoms with van der Waals surface area (Å²) in [5, 5.41) is 3.05. The monoisotopic (exact) mass is 300 g/mol. The van der Waals surface area contributed by atoms with Crippen LogP contribution in [0.25, 0.3) is 0 Å². The second-order valence-electron chi connectivity index (χ2n) is 6.46. The summed E-state index contributed by atoms with van der Waals surface area (Å²) in [5.74, 6) is 0.791. The third kappa shape index (κ3) is 3.87. The molecule has 1 N–H and O–H groups in total. The number of carbonyl (C=O) groups is 2. The van der Waals surface area contributed by atoms with E-state index in [1.54, 1.807) is 4.90 Å². The maximum absolute atomic E-state index is 12.5. The Bertz CT molecular complexity index is 525. The molecule has 1 heterocycles. The molecule has 1 saturated carbocycles. The fourth-order valence-electron chi connectivity index (χ4n) is 3.02. The molecule has 118 valence electrons. The maximum atomic E-state index is 12.5. The number of likely N-dealkylation sites (tertiary alicyclic amines) is 1. The van der Waals surface area contributed by atoms with Gasteiger partial charge in [0.15, 0.2) is 0 Å². The van der Waals surface area contributed by atoms with Crippen LogP contribution in [-0.2, 0) is 16.1 Å². The Kier molecular flexibility index (Phi) is 4.76. The van der Waals surface area contributed by atoms with Crippen LogP contribution in [-0.4, -0.2) is 29.3 Å². The summed E-state index contributed by atoms with van der Waals surface area (Å²) in [4.78, 5) is 26.7. The average Bonchev–Trinajstić information content (AvgIpc) is 3.36. The number of amides is 2. The predicted molar refractivity (Wildman–Crippen MR) is 85.0 cm³/mol. The van der Waals surface area contributed by atoms with Gasteiger partial charge in [-0.15, -0.1) is 0 Å². The van der Waals surface area contributed by atoms with Crippen LogP contribution in [0.1, 0.15) is 44.1 Å². The van der Waals surface area contributed by atoms with Crippen LogP contribution in [0.5, 0.6) is 0 Å². The number of rotatable bonds is 5. The SMILES string of the molecule is O=C(NCC1CC1)[C@@H]1CCCCC(=O)N1Cc1ccccc1. The minimum atomic E-state index is -0.311. The van der Waals surface area contributed by atoms with Crippen LogP contribution < -0.4 is 5.32 Å². The van der Waals surface area contributed by atoms with Gasteiger partial charge in [-0.05, 0) is 37.2 Å². The summed E-state index contributed by atoms with van der Waals surface area (Å²) in [5.41, 5.74) is 1.08. The molecule has 1 atom stereocenters. The van der Waals surface area contributed by atoms with Crippen molar-refractivity contribution in [1.82, 2.24) is 10.2 Å². The van der Waals surface area contributed by atoms with Crippen molar-refractivity contribution in [3.05, 3.63) is 35.9 Å². The van der Waals surface area contributed by atoms with Crippen molar-refractivity contribution < 1.29 is 9.59 Å². The molecule has 1 aromatic carbocycles. The van der Waals surface area contributed by atoms with Crippen molar-refractivity contribution in [2.75, 3.05) is 6.54 Å². The third-order valence-corrected chi connectivity index (χ3v) is 4.58. The zero-order valence-electron chi connectivity index (χ0n) is 13.0. The molecule has 1 aliphatic heterocycles. The van der Waals surface area contributed by atoms with Gasteiger partial charge in [-0.2, -0.15) is 0 Å². The highest BCUT2D eigenvalue weighted by Gasteiger charge is 2.32. The van der Waals surface area contributed by atoms with Gasteiger partial charge in [-0.1, -0.05) is 36.8 Å². The van der Waals surface area contributed by atoms with E-state index in [-0.39, 0.29) is 17.9 Å². The molecule has 0 aromatic heterocycles. The Morgan fingerprint density at radius 3 is 2.64 bits per heavy atom. The molecule has 0 spiro atoms. The minimum absolute atomic E-state index is 0.0260. The van der Waals surface area contributed by atoms with Crippen LogP contribution in [0.3, 0.4) is 0 Å². The third-order valence-electron chi connectivity index (χ3n) is 4.58. The van der Waals surface area contributed by atoms with Gasteiger partial charge in [0.1, 0.15) is 6.04 Å². The lowest BCUT2D eigenvalue weighted by atomic mass is 10.1. The van der Waals surface area contributed by atoms with Crippen LogP contribution in [0.4, 0.5) is 0 Å². The number of nitrogens with one attached hydrogen (secondary N) is 1. The number of hydrogen-bond donors (Lipinski definition) is 1. The smallest absolute Gasteiger partial charge is 0.242 e. The lowest BCUT2D eigenvalue weighted by Crippen LogP contribution is -2.48. The van der Waals surface area contributed by atoms with Gasteiger partial charge in [0, 0.05) is 19.5 Å². The van der Waals surface area contributed by atoms with Crippen molar-refractivity contribution in [3.8, 4) is 0 Å². The van der Waals surface area contributed by atoms with Crippen molar-refractivity contribution in [2.45, 2.75) is 51.1 Å². The highest BCUT2D eigenvalue weighted by molar-refractivity contribution is 5.88. The first-order valence-corrected chi connectivity index (χ1v) is 8.35. The van der Waals surface area contributed by atoms with Crippen LogP contribution in [0.15, 0.2) is 30.3 Å². The molecular formula is C18H24N2O2. The van der Waals surface area contributed by atoms with E-state index in [4.69, 9.17) is 0 Å². The van der Waals surface area contributed by atoms with Crippen LogP contribution >= 0.6 is 0 Å². The Morgan fingerprint density at radius 1 is 1.14 bits per heavy atom. The van der Waals surface area contributed by atoms with E-state index in [0.29, 0.717) is 18.9 Å². The van der Waals surface area contributed by atoms with E-state index < -0.39 is 0 Å². The molecule has 0 radical (unpaired) electrons. The van der Waals surface area contributed by atoms with Crippen molar-refractivity contribution in [3.63, 3.8) is 0 Å². The molecule has 2 aliphatic rings. The number of hydrogen-bond acceptors (Lipinski definition) is 2. The standard InChI is InChI=1S/C18H24N2O2/c21-17-9-5-4-8-16(18(22)19-12-14-10-11-14)20(17)13-15-6-2-1-3-7-15/h1-3,6-7,14,16H,4-5,8-13H2,(H,19,22)/t16-/m0/s1. The van der Waals surface area contributed by atoms with Gasteiger partial charge in [0.2, 0.25) is 11.8 Å². The Labute approximate surface area is 131 Å². The second kappa shape index (κ2) is 6.95. The van der Waals surface area contributed by atoms with E-state index in [1.807, 2.05) is 30.3 Å². The fraction of sp³-hybridized carbons (Fsp3) is 0.556. The van der Waals surface area contributed by atoms with E-state index in [0.717, 1.165) is 31.4 Å². The average molecular weight is 300 g/mol. The molecule has 1 saturated heterocycles. The van der Waals surface area contributed by atoms with Gasteiger partial charge in [-0.3, -0.25) is 9.59 Å². The van der Waals surface area contributed by atoms with Gasteiger partial charge >= 0.3 is 0 Å². The zero-order valence-corrected chi connectivity index (χ0v) is 13.0. The molecule has 0 bridgehead atoms. The second-order valence-corrected chi connectivity index (χ2v) is 6.46. The van der Waals surface area contributed by atoms with E-state index >= 15 is 0 Å². The van der Waals surface area contributed by atoms with Gasteiger partial charge in [0.25, 0.3) is 0 Å². The molecular weight excluding hydrogens is 276 g/mol. The largest absolute Gasteiger partial charge is 0.354 e. The zero-order chi connectivity index (χ0) is 15.4. The lowest BCUT2D eigenvalue weighted by molar-refractivity contribution is -0.140. The highest BCUT2D eigenvalue weighted by Crippen LogP contribution is 2.28. The molecule has 1 aliphatic carbocycles.